The van der Waals surface area contributed by atoms with Crippen molar-refractivity contribution >= 4 is 28.1 Å². The first-order valence-corrected chi connectivity index (χ1v) is 10.7. The zero-order valence-electron chi connectivity index (χ0n) is 17.0. The molecule has 0 spiro atoms. The standard InChI is InChI=1S/C23H23N3O3S/c1-16-12-20(17(2)26(16)9-8-18-6-4-3-5-7-18)21(27)15-29-22(28)13-19-14-25-10-11-30-23(25)24-19/h3-7,10-12,14H,8-9,13,15H2,1-2H3. The lowest BCUT2D eigenvalue weighted by Gasteiger charge is -2.10. The molecule has 0 fully saturated rings. The van der Waals surface area contributed by atoms with E-state index in [2.05, 4.69) is 21.7 Å². The molecule has 0 aliphatic carbocycles. The normalized spacial score (nSPS) is 11.1. The van der Waals surface area contributed by atoms with Crippen molar-refractivity contribution in [2.75, 3.05) is 6.61 Å². The van der Waals surface area contributed by atoms with Crippen LogP contribution >= 0.6 is 11.3 Å². The lowest BCUT2D eigenvalue weighted by atomic mass is 10.1. The molecule has 0 aliphatic rings. The summed E-state index contributed by atoms with van der Waals surface area (Å²) in [6.07, 6.45) is 4.63. The molecule has 0 atom stereocenters. The maximum atomic E-state index is 12.7. The van der Waals surface area contributed by atoms with Crippen molar-refractivity contribution in [2.24, 2.45) is 0 Å². The Balaban J connectivity index is 1.34. The van der Waals surface area contributed by atoms with Crippen molar-refractivity contribution in [3.63, 3.8) is 0 Å². The van der Waals surface area contributed by atoms with E-state index in [1.807, 2.05) is 54.1 Å². The number of ketones is 1. The number of nitrogens with zero attached hydrogens (tertiary/aromatic N) is 3. The SMILES string of the molecule is Cc1cc(C(=O)COC(=O)Cc2cn3ccsc3n2)c(C)n1CCc1ccccc1. The summed E-state index contributed by atoms with van der Waals surface area (Å²) in [7, 11) is 0. The minimum absolute atomic E-state index is 0.0534. The van der Waals surface area contributed by atoms with Crippen LogP contribution in [0.4, 0.5) is 0 Å². The number of thiazole rings is 1. The van der Waals surface area contributed by atoms with Crippen LogP contribution < -0.4 is 0 Å². The number of carbonyl (C=O) groups excluding carboxylic acids is 2. The summed E-state index contributed by atoms with van der Waals surface area (Å²) in [5.41, 5.74) is 4.43. The average molecular weight is 422 g/mol. The Morgan fingerprint density at radius 3 is 2.73 bits per heavy atom. The molecule has 3 heterocycles. The summed E-state index contributed by atoms with van der Waals surface area (Å²) < 4.78 is 9.23. The maximum absolute atomic E-state index is 12.7. The number of ether oxygens (including phenoxy) is 1. The lowest BCUT2D eigenvalue weighted by Crippen LogP contribution is -2.16. The summed E-state index contributed by atoms with van der Waals surface area (Å²) in [4.78, 5) is 30.0. The number of aryl methyl sites for hydroxylation is 2. The number of benzene rings is 1. The van der Waals surface area contributed by atoms with E-state index in [4.69, 9.17) is 4.74 Å². The molecular formula is C23H23N3O3S. The summed E-state index contributed by atoms with van der Waals surface area (Å²) in [6, 6.07) is 12.1. The Morgan fingerprint density at radius 2 is 1.97 bits per heavy atom. The molecule has 0 unspecified atom stereocenters. The van der Waals surface area contributed by atoms with Crippen molar-refractivity contribution < 1.29 is 14.3 Å². The van der Waals surface area contributed by atoms with Gasteiger partial charge in [0.1, 0.15) is 0 Å². The van der Waals surface area contributed by atoms with Crippen molar-refractivity contribution in [1.82, 2.24) is 14.0 Å². The summed E-state index contributed by atoms with van der Waals surface area (Å²) in [5.74, 6) is -0.639. The monoisotopic (exact) mass is 421 g/mol. The van der Waals surface area contributed by atoms with Crippen LogP contribution in [0.1, 0.15) is 33.0 Å². The second-order valence-corrected chi connectivity index (χ2v) is 8.13. The molecule has 0 radical (unpaired) electrons. The van der Waals surface area contributed by atoms with Crippen LogP contribution in [0.5, 0.6) is 0 Å². The van der Waals surface area contributed by atoms with E-state index in [-0.39, 0.29) is 18.8 Å². The van der Waals surface area contributed by atoms with Gasteiger partial charge in [0.15, 0.2) is 11.6 Å². The topological polar surface area (TPSA) is 65.6 Å². The van der Waals surface area contributed by atoms with E-state index in [9.17, 15) is 9.59 Å². The molecule has 0 N–H and O–H groups in total. The fraction of sp³-hybridized carbons (Fsp3) is 0.261. The van der Waals surface area contributed by atoms with Crippen LogP contribution in [0.3, 0.4) is 0 Å². The lowest BCUT2D eigenvalue weighted by molar-refractivity contribution is -0.141. The van der Waals surface area contributed by atoms with E-state index in [1.54, 1.807) is 6.20 Å². The van der Waals surface area contributed by atoms with Crippen LogP contribution in [0, 0.1) is 13.8 Å². The van der Waals surface area contributed by atoms with Crippen LogP contribution in [0.2, 0.25) is 0 Å². The van der Waals surface area contributed by atoms with Gasteiger partial charge in [0.05, 0.1) is 12.1 Å². The third-order valence-electron chi connectivity index (χ3n) is 5.17. The van der Waals surface area contributed by atoms with Gasteiger partial charge >= 0.3 is 5.97 Å². The van der Waals surface area contributed by atoms with Gasteiger partial charge in [0.25, 0.3) is 0 Å². The molecule has 0 saturated carbocycles. The zero-order chi connectivity index (χ0) is 21.1. The molecule has 3 aromatic heterocycles. The summed E-state index contributed by atoms with van der Waals surface area (Å²) in [6.45, 7) is 4.46. The number of carbonyl (C=O) groups is 2. The highest BCUT2D eigenvalue weighted by atomic mass is 32.1. The highest BCUT2D eigenvalue weighted by molar-refractivity contribution is 7.15. The van der Waals surface area contributed by atoms with E-state index < -0.39 is 5.97 Å². The number of hydrogen-bond donors (Lipinski definition) is 0. The van der Waals surface area contributed by atoms with Gasteiger partial charge in [-0.2, -0.15) is 0 Å². The van der Waals surface area contributed by atoms with Gasteiger partial charge in [-0.15, -0.1) is 11.3 Å². The predicted octanol–water partition coefficient (Wildman–Crippen LogP) is 4.03. The van der Waals surface area contributed by atoms with E-state index >= 15 is 0 Å². The molecule has 154 valence electrons. The molecule has 6 nitrogen and oxygen atoms in total. The zero-order valence-corrected chi connectivity index (χ0v) is 17.8. The van der Waals surface area contributed by atoms with Gasteiger partial charge in [0, 0.05) is 41.3 Å². The minimum Gasteiger partial charge on any atom is -0.457 e. The Kier molecular flexibility index (Phi) is 5.81. The van der Waals surface area contributed by atoms with E-state index in [0.717, 1.165) is 29.3 Å². The smallest absolute Gasteiger partial charge is 0.312 e. The molecule has 7 heteroatoms. The van der Waals surface area contributed by atoms with Crippen LogP contribution in [0.15, 0.2) is 54.2 Å². The van der Waals surface area contributed by atoms with Crippen LogP contribution in [-0.4, -0.2) is 32.3 Å². The minimum atomic E-state index is -0.452. The highest BCUT2D eigenvalue weighted by Crippen LogP contribution is 2.17. The van der Waals surface area contributed by atoms with Gasteiger partial charge in [-0.25, -0.2) is 4.98 Å². The van der Waals surface area contributed by atoms with E-state index in [0.29, 0.717) is 11.3 Å². The first-order valence-electron chi connectivity index (χ1n) is 9.82. The molecule has 4 aromatic rings. The molecule has 30 heavy (non-hydrogen) atoms. The van der Waals surface area contributed by atoms with Gasteiger partial charge in [-0.05, 0) is 31.9 Å². The van der Waals surface area contributed by atoms with Gasteiger partial charge < -0.3 is 9.30 Å². The molecule has 0 saturated heterocycles. The highest BCUT2D eigenvalue weighted by Gasteiger charge is 2.18. The number of hydrogen-bond acceptors (Lipinski definition) is 5. The third kappa shape index (κ3) is 4.36. The fourth-order valence-corrected chi connectivity index (χ4v) is 4.32. The van der Waals surface area contributed by atoms with Crippen molar-refractivity contribution in [3.05, 3.63) is 82.4 Å². The van der Waals surface area contributed by atoms with Gasteiger partial charge in [0.2, 0.25) is 5.78 Å². The molecule has 0 amide bonds. The predicted molar refractivity (Wildman–Crippen MR) is 116 cm³/mol. The second-order valence-electron chi connectivity index (χ2n) is 7.26. The Morgan fingerprint density at radius 1 is 1.17 bits per heavy atom. The summed E-state index contributed by atoms with van der Waals surface area (Å²) >= 11 is 1.50. The number of imidazole rings is 1. The van der Waals surface area contributed by atoms with Gasteiger partial charge in [-0.1, -0.05) is 30.3 Å². The quantitative estimate of drug-likeness (QED) is 0.318. The Bertz CT molecular complexity index is 1160. The van der Waals surface area contributed by atoms with Crippen molar-refractivity contribution in [1.29, 1.82) is 0 Å². The maximum Gasteiger partial charge on any atom is 0.312 e. The number of Topliss-reactive ketones (excluding diaryl/α,β-unsaturated/α-hetero) is 1. The molecule has 1 aromatic carbocycles. The van der Waals surface area contributed by atoms with E-state index in [1.165, 1.54) is 16.9 Å². The fourth-order valence-electron chi connectivity index (χ4n) is 3.60. The van der Waals surface area contributed by atoms with Gasteiger partial charge in [-0.3, -0.25) is 14.0 Å². The molecule has 4 rings (SSSR count). The number of esters is 1. The number of aromatic nitrogens is 3. The summed E-state index contributed by atoms with van der Waals surface area (Å²) in [5, 5.41) is 1.93. The van der Waals surface area contributed by atoms with Crippen LogP contribution in [0.25, 0.3) is 4.96 Å². The second kappa shape index (κ2) is 8.67. The Hall–Kier alpha value is -3.19. The number of fused-ring (bicyclic) bond motifs is 1. The largest absolute Gasteiger partial charge is 0.457 e. The first kappa shape index (κ1) is 20.1. The van der Waals surface area contributed by atoms with Crippen molar-refractivity contribution in [3.8, 4) is 0 Å². The van der Waals surface area contributed by atoms with Crippen molar-refractivity contribution in [2.45, 2.75) is 33.2 Å². The average Bonchev–Trinajstić information content (AvgIpc) is 3.39. The number of rotatable bonds is 8. The molecule has 0 bridgehead atoms. The third-order valence-corrected chi connectivity index (χ3v) is 5.94. The van der Waals surface area contributed by atoms with Crippen LogP contribution in [-0.2, 0) is 28.9 Å². The first-order chi connectivity index (χ1) is 14.5. The molecule has 0 aliphatic heterocycles. The molecular weight excluding hydrogens is 398 g/mol. The Labute approximate surface area is 178 Å².